The Balaban J connectivity index is 2.61. The summed E-state index contributed by atoms with van der Waals surface area (Å²) in [5.41, 5.74) is 1.39. The van der Waals surface area contributed by atoms with Crippen LogP contribution in [0.3, 0.4) is 0 Å². The normalized spacial score (nSPS) is 11.2. The van der Waals surface area contributed by atoms with Crippen molar-refractivity contribution in [3.8, 4) is 0 Å². The number of rotatable bonds is 5. The van der Waals surface area contributed by atoms with Crippen molar-refractivity contribution < 1.29 is 9.90 Å². The maximum atomic E-state index is 10.6. The molecule has 0 aromatic heterocycles. The smallest absolute Gasteiger partial charge is 0.331 e. The number of hydrogen-bond donors (Lipinski definition) is 2. The quantitative estimate of drug-likeness (QED) is 0.610. The summed E-state index contributed by atoms with van der Waals surface area (Å²) in [7, 11) is 0. The molecule has 1 aromatic rings. The number of carboxylic acid groups (broad SMARTS) is 1. The summed E-state index contributed by atoms with van der Waals surface area (Å²) in [6.45, 7) is 2.11. The molecule has 2 N–H and O–H groups in total. The van der Waals surface area contributed by atoms with Crippen molar-refractivity contribution in [2.45, 2.75) is 11.8 Å². The molecule has 0 unspecified atom stereocenters. The molecule has 0 saturated heterocycles. The average Bonchev–Trinajstić information content (AvgIpc) is 2.29. The highest BCUT2D eigenvalue weighted by atomic mass is 32.2. The number of nitrogens with one attached hydrogen (secondary N) is 1. The van der Waals surface area contributed by atoms with Gasteiger partial charge in [-0.15, -0.1) is 11.8 Å². The van der Waals surface area contributed by atoms with Gasteiger partial charge in [0, 0.05) is 22.7 Å². The highest BCUT2D eigenvalue weighted by Crippen LogP contribution is 2.24. The molecule has 86 valence electrons. The standard InChI is InChI=1S/C12H15NO2S/c1-9(12(14)15)7-8-13-10-5-3-4-6-11(10)16-2/h3-7,13H,8H2,1-2H3,(H,14,15)/b9-7-. The molecule has 3 nitrogen and oxygen atoms in total. The summed E-state index contributed by atoms with van der Waals surface area (Å²) >= 11 is 1.66. The van der Waals surface area contributed by atoms with Crippen LogP contribution in [0.25, 0.3) is 0 Å². The van der Waals surface area contributed by atoms with Gasteiger partial charge in [-0.1, -0.05) is 18.2 Å². The third kappa shape index (κ3) is 3.62. The van der Waals surface area contributed by atoms with Gasteiger partial charge in [0.25, 0.3) is 0 Å². The third-order valence-electron chi connectivity index (χ3n) is 2.15. The van der Waals surface area contributed by atoms with Crippen molar-refractivity contribution in [2.75, 3.05) is 18.1 Å². The minimum Gasteiger partial charge on any atom is -0.478 e. The van der Waals surface area contributed by atoms with Crippen molar-refractivity contribution in [3.05, 3.63) is 35.9 Å². The van der Waals surface area contributed by atoms with E-state index in [4.69, 9.17) is 5.11 Å². The number of aliphatic carboxylic acids is 1. The lowest BCUT2D eigenvalue weighted by Gasteiger charge is -2.08. The molecular weight excluding hydrogens is 222 g/mol. The van der Waals surface area contributed by atoms with Gasteiger partial charge in [0.15, 0.2) is 0 Å². The Hall–Kier alpha value is -1.42. The van der Waals surface area contributed by atoms with Gasteiger partial charge in [0.1, 0.15) is 0 Å². The molecule has 1 rings (SSSR count). The molecule has 0 aliphatic rings. The van der Waals surface area contributed by atoms with Gasteiger partial charge < -0.3 is 10.4 Å². The number of carbonyl (C=O) groups is 1. The van der Waals surface area contributed by atoms with Crippen LogP contribution in [0.2, 0.25) is 0 Å². The summed E-state index contributed by atoms with van der Waals surface area (Å²) < 4.78 is 0. The molecule has 16 heavy (non-hydrogen) atoms. The topological polar surface area (TPSA) is 49.3 Å². The summed E-state index contributed by atoms with van der Waals surface area (Å²) in [6.07, 6.45) is 3.68. The zero-order valence-electron chi connectivity index (χ0n) is 9.36. The van der Waals surface area contributed by atoms with E-state index in [2.05, 4.69) is 5.32 Å². The zero-order chi connectivity index (χ0) is 12.0. The molecule has 0 bridgehead atoms. The second kappa shape index (κ2) is 6.23. The van der Waals surface area contributed by atoms with E-state index in [0.717, 1.165) is 10.6 Å². The predicted molar refractivity (Wildman–Crippen MR) is 68.1 cm³/mol. The monoisotopic (exact) mass is 237 g/mol. The van der Waals surface area contributed by atoms with E-state index in [0.29, 0.717) is 12.1 Å². The highest BCUT2D eigenvalue weighted by Gasteiger charge is 2.00. The van der Waals surface area contributed by atoms with E-state index in [-0.39, 0.29) is 0 Å². The molecular formula is C12H15NO2S. The van der Waals surface area contributed by atoms with Crippen LogP contribution in [0.5, 0.6) is 0 Å². The van der Waals surface area contributed by atoms with Crippen LogP contribution in [0, 0.1) is 0 Å². The van der Waals surface area contributed by atoms with Crippen LogP contribution in [0.15, 0.2) is 40.8 Å². The van der Waals surface area contributed by atoms with E-state index < -0.39 is 5.97 Å². The number of thioether (sulfide) groups is 1. The maximum absolute atomic E-state index is 10.6. The molecule has 0 amide bonds. The van der Waals surface area contributed by atoms with Crippen molar-refractivity contribution in [1.29, 1.82) is 0 Å². The van der Waals surface area contributed by atoms with Gasteiger partial charge in [0.05, 0.1) is 0 Å². The van der Waals surface area contributed by atoms with Crippen molar-refractivity contribution in [3.63, 3.8) is 0 Å². The maximum Gasteiger partial charge on any atom is 0.331 e. The van der Waals surface area contributed by atoms with Gasteiger partial charge in [-0.2, -0.15) is 0 Å². The lowest BCUT2D eigenvalue weighted by Crippen LogP contribution is -2.03. The molecule has 1 aromatic carbocycles. The first-order chi connectivity index (χ1) is 7.65. The fourth-order valence-electron chi connectivity index (χ4n) is 1.19. The molecule has 0 saturated carbocycles. The minimum atomic E-state index is -0.875. The molecule has 0 aliphatic heterocycles. The van der Waals surface area contributed by atoms with Crippen LogP contribution in [0.4, 0.5) is 5.69 Å². The van der Waals surface area contributed by atoms with E-state index >= 15 is 0 Å². The Morgan fingerprint density at radius 3 is 2.81 bits per heavy atom. The van der Waals surface area contributed by atoms with Gasteiger partial charge in [-0.05, 0) is 25.3 Å². The van der Waals surface area contributed by atoms with E-state index in [1.165, 1.54) is 0 Å². The van der Waals surface area contributed by atoms with Gasteiger partial charge in [-0.3, -0.25) is 0 Å². The number of anilines is 1. The number of hydrogen-bond acceptors (Lipinski definition) is 3. The highest BCUT2D eigenvalue weighted by molar-refractivity contribution is 7.98. The Labute approximate surface area is 99.6 Å². The molecule has 0 heterocycles. The predicted octanol–water partition coefficient (Wildman–Crippen LogP) is 2.85. The van der Waals surface area contributed by atoms with Crippen LogP contribution in [-0.4, -0.2) is 23.9 Å². The first-order valence-corrected chi connectivity index (χ1v) is 6.14. The summed E-state index contributed by atoms with van der Waals surface area (Å²) in [5, 5.41) is 11.9. The van der Waals surface area contributed by atoms with Crippen LogP contribution in [-0.2, 0) is 4.79 Å². The fourth-order valence-corrected chi connectivity index (χ4v) is 1.77. The first kappa shape index (κ1) is 12.6. The number of carboxylic acids is 1. The molecule has 0 fully saturated rings. The van der Waals surface area contributed by atoms with Crippen molar-refractivity contribution >= 4 is 23.4 Å². The Morgan fingerprint density at radius 2 is 2.19 bits per heavy atom. The SMILES string of the molecule is CSc1ccccc1NC/C=C(/C)C(=O)O. The second-order valence-corrected chi connectivity index (χ2v) is 4.12. The molecule has 0 atom stereocenters. The fraction of sp³-hybridized carbons (Fsp3) is 0.250. The van der Waals surface area contributed by atoms with Crippen LogP contribution in [0.1, 0.15) is 6.92 Å². The molecule has 0 spiro atoms. The average molecular weight is 237 g/mol. The van der Waals surface area contributed by atoms with E-state index in [1.807, 2.05) is 30.5 Å². The Kier molecular flexibility index (Phi) is 4.92. The third-order valence-corrected chi connectivity index (χ3v) is 2.94. The first-order valence-electron chi connectivity index (χ1n) is 4.92. The Bertz CT molecular complexity index is 402. The Morgan fingerprint density at radius 1 is 1.50 bits per heavy atom. The summed E-state index contributed by atoms with van der Waals surface area (Å²) in [5.74, 6) is -0.875. The van der Waals surface area contributed by atoms with Gasteiger partial charge in [-0.25, -0.2) is 4.79 Å². The summed E-state index contributed by atoms with van der Waals surface area (Å²) in [6, 6.07) is 7.95. The summed E-state index contributed by atoms with van der Waals surface area (Å²) in [4.78, 5) is 11.7. The van der Waals surface area contributed by atoms with Crippen molar-refractivity contribution in [2.24, 2.45) is 0 Å². The molecule has 4 heteroatoms. The lowest BCUT2D eigenvalue weighted by atomic mass is 10.2. The number of benzene rings is 1. The van der Waals surface area contributed by atoms with E-state index in [1.54, 1.807) is 24.8 Å². The largest absolute Gasteiger partial charge is 0.478 e. The minimum absolute atomic E-state index is 0.356. The van der Waals surface area contributed by atoms with E-state index in [9.17, 15) is 4.79 Å². The van der Waals surface area contributed by atoms with Gasteiger partial charge >= 0.3 is 5.97 Å². The zero-order valence-corrected chi connectivity index (χ0v) is 10.2. The van der Waals surface area contributed by atoms with Gasteiger partial charge in [0.2, 0.25) is 0 Å². The lowest BCUT2D eigenvalue weighted by molar-refractivity contribution is -0.132. The van der Waals surface area contributed by atoms with Crippen LogP contribution >= 0.6 is 11.8 Å². The number of para-hydroxylation sites is 1. The van der Waals surface area contributed by atoms with Crippen LogP contribution < -0.4 is 5.32 Å². The molecule has 0 aliphatic carbocycles. The van der Waals surface area contributed by atoms with Crippen molar-refractivity contribution in [1.82, 2.24) is 0 Å². The molecule has 0 radical (unpaired) electrons. The second-order valence-electron chi connectivity index (χ2n) is 3.27.